The van der Waals surface area contributed by atoms with Gasteiger partial charge in [0.15, 0.2) is 0 Å². The first-order valence-corrected chi connectivity index (χ1v) is 6.40. The Bertz CT molecular complexity index is 336. The van der Waals surface area contributed by atoms with Crippen LogP contribution in [0.4, 0.5) is 5.82 Å². The standard InChI is InChI=1S/C13H24N4/c1-5-6-14-8-12-9-15-11(4)17-13(12)16-7-10(2)3/h9-10,14H,5-8H2,1-4H3,(H,15,16,17). The summed E-state index contributed by atoms with van der Waals surface area (Å²) in [5, 5.41) is 6.77. The van der Waals surface area contributed by atoms with E-state index in [1.807, 2.05) is 13.1 Å². The van der Waals surface area contributed by atoms with Gasteiger partial charge in [-0.25, -0.2) is 9.97 Å². The van der Waals surface area contributed by atoms with Crippen LogP contribution in [-0.2, 0) is 6.54 Å². The van der Waals surface area contributed by atoms with Crippen LogP contribution in [0.2, 0.25) is 0 Å². The van der Waals surface area contributed by atoms with E-state index in [0.717, 1.165) is 43.3 Å². The Morgan fingerprint density at radius 2 is 2.12 bits per heavy atom. The summed E-state index contributed by atoms with van der Waals surface area (Å²) in [6.45, 7) is 11.3. The second-order valence-electron chi connectivity index (χ2n) is 4.74. The van der Waals surface area contributed by atoms with Crippen LogP contribution in [0, 0.1) is 12.8 Å². The first-order chi connectivity index (χ1) is 8.13. The molecule has 0 aliphatic carbocycles. The van der Waals surface area contributed by atoms with Crippen LogP contribution < -0.4 is 10.6 Å². The lowest BCUT2D eigenvalue weighted by molar-refractivity contribution is 0.664. The molecule has 0 spiro atoms. The molecule has 0 unspecified atom stereocenters. The van der Waals surface area contributed by atoms with Crippen molar-refractivity contribution < 1.29 is 0 Å². The van der Waals surface area contributed by atoms with Gasteiger partial charge in [0.1, 0.15) is 11.6 Å². The van der Waals surface area contributed by atoms with E-state index in [4.69, 9.17) is 0 Å². The molecule has 4 nitrogen and oxygen atoms in total. The highest BCUT2D eigenvalue weighted by molar-refractivity contribution is 5.42. The molecule has 0 fully saturated rings. The maximum atomic E-state index is 4.46. The number of hydrogen-bond donors (Lipinski definition) is 2. The van der Waals surface area contributed by atoms with Crippen molar-refractivity contribution in [3.05, 3.63) is 17.6 Å². The predicted octanol–water partition coefficient (Wildman–Crippen LogP) is 2.35. The Hall–Kier alpha value is -1.16. The number of hydrogen-bond acceptors (Lipinski definition) is 4. The van der Waals surface area contributed by atoms with Gasteiger partial charge < -0.3 is 10.6 Å². The average molecular weight is 236 g/mol. The smallest absolute Gasteiger partial charge is 0.134 e. The molecule has 0 radical (unpaired) electrons. The molecule has 96 valence electrons. The summed E-state index contributed by atoms with van der Waals surface area (Å²) in [4.78, 5) is 8.72. The number of rotatable bonds is 7. The first kappa shape index (κ1) is 13.9. The third kappa shape index (κ3) is 5.13. The molecule has 2 N–H and O–H groups in total. The summed E-state index contributed by atoms with van der Waals surface area (Å²) in [6, 6.07) is 0. The molecule has 0 atom stereocenters. The SMILES string of the molecule is CCCNCc1cnc(C)nc1NCC(C)C. The van der Waals surface area contributed by atoms with E-state index in [0.29, 0.717) is 5.92 Å². The number of nitrogens with one attached hydrogen (secondary N) is 2. The number of aromatic nitrogens is 2. The van der Waals surface area contributed by atoms with E-state index in [-0.39, 0.29) is 0 Å². The largest absolute Gasteiger partial charge is 0.369 e. The summed E-state index contributed by atoms with van der Waals surface area (Å²) in [7, 11) is 0. The molecule has 4 heteroatoms. The lowest BCUT2D eigenvalue weighted by Gasteiger charge is -2.13. The first-order valence-electron chi connectivity index (χ1n) is 6.40. The Morgan fingerprint density at radius 1 is 1.35 bits per heavy atom. The highest BCUT2D eigenvalue weighted by Gasteiger charge is 2.05. The van der Waals surface area contributed by atoms with Crippen molar-refractivity contribution in [2.24, 2.45) is 5.92 Å². The fourth-order valence-electron chi connectivity index (χ4n) is 1.48. The summed E-state index contributed by atoms with van der Waals surface area (Å²) in [6.07, 6.45) is 3.05. The fourth-order valence-corrected chi connectivity index (χ4v) is 1.48. The van der Waals surface area contributed by atoms with E-state index >= 15 is 0 Å². The summed E-state index contributed by atoms with van der Waals surface area (Å²) in [5.41, 5.74) is 1.14. The van der Waals surface area contributed by atoms with Crippen molar-refractivity contribution in [3.63, 3.8) is 0 Å². The van der Waals surface area contributed by atoms with Gasteiger partial charge in [0.25, 0.3) is 0 Å². The highest BCUT2D eigenvalue weighted by Crippen LogP contribution is 2.12. The Labute approximate surface area is 104 Å². The third-order valence-corrected chi connectivity index (χ3v) is 2.40. The van der Waals surface area contributed by atoms with Crippen molar-refractivity contribution in [1.82, 2.24) is 15.3 Å². The predicted molar refractivity (Wildman–Crippen MR) is 72.1 cm³/mol. The summed E-state index contributed by atoms with van der Waals surface area (Å²) >= 11 is 0. The van der Waals surface area contributed by atoms with Crippen molar-refractivity contribution in [2.45, 2.75) is 40.7 Å². The Morgan fingerprint density at radius 3 is 2.76 bits per heavy atom. The average Bonchev–Trinajstić information content (AvgIpc) is 2.29. The van der Waals surface area contributed by atoms with Crippen molar-refractivity contribution in [3.8, 4) is 0 Å². The highest BCUT2D eigenvalue weighted by atomic mass is 15.0. The molecule has 1 rings (SSSR count). The van der Waals surface area contributed by atoms with E-state index < -0.39 is 0 Å². The maximum absolute atomic E-state index is 4.46. The lowest BCUT2D eigenvalue weighted by atomic mass is 10.2. The molecule has 0 saturated carbocycles. The minimum atomic E-state index is 0.613. The second kappa shape index (κ2) is 7.22. The molecule has 0 amide bonds. The molecule has 0 aromatic carbocycles. The Balaban J connectivity index is 2.66. The van der Waals surface area contributed by atoms with Crippen molar-refractivity contribution in [1.29, 1.82) is 0 Å². The third-order valence-electron chi connectivity index (χ3n) is 2.40. The fraction of sp³-hybridized carbons (Fsp3) is 0.692. The van der Waals surface area contributed by atoms with Crippen LogP contribution in [0.3, 0.4) is 0 Å². The molecular weight excluding hydrogens is 212 g/mol. The van der Waals surface area contributed by atoms with Gasteiger partial charge in [0.05, 0.1) is 0 Å². The van der Waals surface area contributed by atoms with Gasteiger partial charge in [-0.2, -0.15) is 0 Å². The van der Waals surface area contributed by atoms with Crippen LogP contribution in [0.15, 0.2) is 6.20 Å². The van der Waals surface area contributed by atoms with Gasteiger partial charge in [-0.1, -0.05) is 20.8 Å². The topological polar surface area (TPSA) is 49.8 Å². The zero-order valence-electron chi connectivity index (χ0n) is 11.4. The maximum Gasteiger partial charge on any atom is 0.134 e. The van der Waals surface area contributed by atoms with Gasteiger partial charge in [-0.15, -0.1) is 0 Å². The molecule has 0 aliphatic rings. The monoisotopic (exact) mass is 236 g/mol. The van der Waals surface area contributed by atoms with E-state index in [1.165, 1.54) is 0 Å². The van der Waals surface area contributed by atoms with Crippen LogP contribution in [-0.4, -0.2) is 23.1 Å². The zero-order valence-corrected chi connectivity index (χ0v) is 11.4. The number of nitrogens with zero attached hydrogens (tertiary/aromatic N) is 2. The Kier molecular flexibility index (Phi) is 5.91. The summed E-state index contributed by atoms with van der Waals surface area (Å²) in [5.74, 6) is 2.40. The minimum absolute atomic E-state index is 0.613. The van der Waals surface area contributed by atoms with Crippen LogP contribution in [0.5, 0.6) is 0 Å². The van der Waals surface area contributed by atoms with E-state index in [2.05, 4.69) is 41.4 Å². The molecule has 1 aromatic rings. The quantitative estimate of drug-likeness (QED) is 0.714. The van der Waals surface area contributed by atoms with Crippen molar-refractivity contribution in [2.75, 3.05) is 18.4 Å². The van der Waals surface area contributed by atoms with Gasteiger partial charge in [-0.05, 0) is 25.8 Å². The zero-order chi connectivity index (χ0) is 12.7. The van der Waals surface area contributed by atoms with Crippen molar-refractivity contribution >= 4 is 5.82 Å². The molecule has 17 heavy (non-hydrogen) atoms. The molecular formula is C13H24N4. The number of aryl methyl sites for hydroxylation is 1. The molecule has 0 bridgehead atoms. The van der Waals surface area contributed by atoms with Gasteiger partial charge in [-0.3, -0.25) is 0 Å². The van der Waals surface area contributed by atoms with Crippen LogP contribution in [0.1, 0.15) is 38.6 Å². The normalized spacial score (nSPS) is 10.9. The molecule has 0 aliphatic heterocycles. The van der Waals surface area contributed by atoms with Gasteiger partial charge >= 0.3 is 0 Å². The second-order valence-corrected chi connectivity index (χ2v) is 4.74. The molecule has 1 aromatic heterocycles. The summed E-state index contributed by atoms with van der Waals surface area (Å²) < 4.78 is 0. The molecule has 0 saturated heterocycles. The van der Waals surface area contributed by atoms with Gasteiger partial charge in [0, 0.05) is 24.8 Å². The van der Waals surface area contributed by atoms with Crippen LogP contribution in [0.25, 0.3) is 0 Å². The minimum Gasteiger partial charge on any atom is -0.369 e. The number of anilines is 1. The van der Waals surface area contributed by atoms with E-state index in [9.17, 15) is 0 Å². The van der Waals surface area contributed by atoms with E-state index in [1.54, 1.807) is 0 Å². The lowest BCUT2D eigenvalue weighted by Crippen LogP contribution is -2.18. The molecule has 1 heterocycles. The van der Waals surface area contributed by atoms with Gasteiger partial charge in [0.2, 0.25) is 0 Å². The van der Waals surface area contributed by atoms with Crippen LogP contribution >= 0.6 is 0 Å².